The van der Waals surface area contributed by atoms with Gasteiger partial charge in [0.15, 0.2) is 6.17 Å². The van der Waals surface area contributed by atoms with Gasteiger partial charge in [0.05, 0.1) is 7.11 Å². The predicted molar refractivity (Wildman–Crippen MR) is 55.7 cm³/mol. The van der Waals surface area contributed by atoms with Gasteiger partial charge in [-0.2, -0.15) is 0 Å². The molecule has 0 saturated carbocycles. The van der Waals surface area contributed by atoms with Crippen LogP contribution in [0.4, 0.5) is 4.39 Å². The van der Waals surface area contributed by atoms with Crippen LogP contribution in [-0.2, 0) is 0 Å². The summed E-state index contributed by atoms with van der Waals surface area (Å²) in [5.74, 6) is 0.527. The zero-order chi connectivity index (χ0) is 10.7. The summed E-state index contributed by atoms with van der Waals surface area (Å²) in [4.78, 5) is 4.05. The average molecular weight is 210 g/mol. The molecular formula is C11H15FN2O. The van der Waals surface area contributed by atoms with E-state index < -0.39 is 6.17 Å². The van der Waals surface area contributed by atoms with E-state index in [-0.39, 0.29) is 6.04 Å². The molecule has 1 aromatic rings. The van der Waals surface area contributed by atoms with E-state index in [1.165, 1.54) is 7.11 Å². The molecule has 0 bridgehead atoms. The monoisotopic (exact) mass is 210 g/mol. The van der Waals surface area contributed by atoms with Crippen LogP contribution in [0.2, 0.25) is 0 Å². The summed E-state index contributed by atoms with van der Waals surface area (Å²) in [5.41, 5.74) is 0.402. The van der Waals surface area contributed by atoms with Crippen LogP contribution in [0.1, 0.15) is 24.7 Å². The standard InChI is InChI=1S/C11H15FN2O/c1-15-9-5-3-7-14-11(9)10(12)8-4-2-6-13-8/h3,5,7-8,10,13H,2,4,6H2,1H3. The van der Waals surface area contributed by atoms with Crippen molar-refractivity contribution < 1.29 is 9.13 Å². The van der Waals surface area contributed by atoms with E-state index in [1.54, 1.807) is 18.3 Å². The minimum Gasteiger partial charge on any atom is -0.495 e. The van der Waals surface area contributed by atoms with Gasteiger partial charge in [0, 0.05) is 12.2 Å². The molecule has 1 aromatic heterocycles. The topological polar surface area (TPSA) is 34.1 Å². The molecule has 2 atom stereocenters. The Morgan fingerprint density at radius 2 is 2.53 bits per heavy atom. The van der Waals surface area contributed by atoms with E-state index in [1.807, 2.05) is 0 Å². The fraction of sp³-hybridized carbons (Fsp3) is 0.545. The van der Waals surface area contributed by atoms with Gasteiger partial charge in [-0.05, 0) is 31.5 Å². The molecule has 1 saturated heterocycles. The van der Waals surface area contributed by atoms with Crippen LogP contribution in [0.25, 0.3) is 0 Å². The fourth-order valence-corrected chi connectivity index (χ4v) is 1.93. The zero-order valence-corrected chi connectivity index (χ0v) is 8.74. The molecule has 0 spiro atoms. The van der Waals surface area contributed by atoms with Gasteiger partial charge >= 0.3 is 0 Å². The number of aromatic nitrogens is 1. The van der Waals surface area contributed by atoms with E-state index in [9.17, 15) is 4.39 Å². The number of hydrogen-bond donors (Lipinski definition) is 1. The quantitative estimate of drug-likeness (QED) is 0.826. The lowest BCUT2D eigenvalue weighted by molar-refractivity contribution is 0.255. The van der Waals surface area contributed by atoms with Crippen molar-refractivity contribution in [1.29, 1.82) is 0 Å². The first kappa shape index (κ1) is 10.4. The first-order chi connectivity index (χ1) is 7.33. The molecule has 1 N–H and O–H groups in total. The highest BCUT2D eigenvalue weighted by atomic mass is 19.1. The second-order valence-electron chi connectivity index (χ2n) is 3.70. The van der Waals surface area contributed by atoms with Gasteiger partial charge < -0.3 is 10.1 Å². The number of methoxy groups -OCH3 is 1. The highest BCUT2D eigenvalue weighted by Gasteiger charge is 2.28. The molecule has 82 valence electrons. The number of pyridine rings is 1. The van der Waals surface area contributed by atoms with Crippen LogP contribution in [0.15, 0.2) is 18.3 Å². The molecule has 0 amide bonds. The molecule has 2 rings (SSSR count). The highest BCUT2D eigenvalue weighted by Crippen LogP contribution is 2.30. The molecule has 1 aliphatic heterocycles. The lowest BCUT2D eigenvalue weighted by atomic mass is 10.1. The summed E-state index contributed by atoms with van der Waals surface area (Å²) in [6.07, 6.45) is 2.41. The third kappa shape index (κ3) is 2.09. The summed E-state index contributed by atoms with van der Waals surface area (Å²) in [5, 5.41) is 3.14. The Morgan fingerprint density at radius 1 is 1.67 bits per heavy atom. The van der Waals surface area contributed by atoms with Gasteiger partial charge in [0.2, 0.25) is 0 Å². The molecule has 1 aliphatic rings. The Balaban J connectivity index is 2.19. The maximum Gasteiger partial charge on any atom is 0.161 e. The number of rotatable bonds is 3. The summed E-state index contributed by atoms with van der Waals surface area (Å²) in [7, 11) is 1.54. The number of hydrogen-bond acceptors (Lipinski definition) is 3. The second kappa shape index (κ2) is 4.57. The normalized spacial score (nSPS) is 22.7. The molecular weight excluding hydrogens is 195 g/mol. The van der Waals surface area contributed by atoms with Crippen LogP contribution < -0.4 is 10.1 Å². The average Bonchev–Trinajstić information content (AvgIpc) is 2.81. The predicted octanol–water partition coefficient (Wildman–Crippen LogP) is 1.85. The summed E-state index contributed by atoms with van der Waals surface area (Å²) < 4.78 is 19.2. The van der Waals surface area contributed by atoms with Crippen molar-refractivity contribution in [3.63, 3.8) is 0 Å². The Hall–Kier alpha value is -1.16. The van der Waals surface area contributed by atoms with E-state index in [4.69, 9.17) is 4.74 Å². The third-order valence-electron chi connectivity index (χ3n) is 2.73. The molecule has 2 heterocycles. The first-order valence-corrected chi connectivity index (χ1v) is 5.19. The minimum absolute atomic E-state index is 0.117. The van der Waals surface area contributed by atoms with Crippen LogP contribution in [0, 0.1) is 0 Å². The Bertz CT molecular complexity index is 326. The SMILES string of the molecule is COc1cccnc1C(F)C1CCCN1. The van der Waals surface area contributed by atoms with Gasteiger partial charge in [-0.3, -0.25) is 4.98 Å². The zero-order valence-electron chi connectivity index (χ0n) is 8.74. The molecule has 15 heavy (non-hydrogen) atoms. The third-order valence-corrected chi connectivity index (χ3v) is 2.73. The van der Waals surface area contributed by atoms with Crippen molar-refractivity contribution in [2.45, 2.75) is 25.1 Å². The van der Waals surface area contributed by atoms with Crippen LogP contribution >= 0.6 is 0 Å². The van der Waals surface area contributed by atoms with Gasteiger partial charge in [0.25, 0.3) is 0 Å². The van der Waals surface area contributed by atoms with Crippen molar-refractivity contribution in [1.82, 2.24) is 10.3 Å². The number of halogens is 1. The van der Waals surface area contributed by atoms with Gasteiger partial charge in [0.1, 0.15) is 11.4 Å². The molecule has 0 aliphatic carbocycles. The minimum atomic E-state index is -1.08. The summed E-state index contributed by atoms with van der Waals surface area (Å²) in [6.45, 7) is 0.889. The van der Waals surface area contributed by atoms with Gasteiger partial charge in [-0.1, -0.05) is 0 Å². The molecule has 0 aromatic carbocycles. The number of nitrogens with one attached hydrogen (secondary N) is 1. The van der Waals surface area contributed by atoms with E-state index in [2.05, 4.69) is 10.3 Å². The van der Waals surface area contributed by atoms with Crippen LogP contribution in [0.3, 0.4) is 0 Å². The smallest absolute Gasteiger partial charge is 0.161 e. The Labute approximate surface area is 88.7 Å². The summed E-state index contributed by atoms with van der Waals surface area (Å²) in [6, 6.07) is 3.37. The molecule has 2 unspecified atom stereocenters. The van der Waals surface area contributed by atoms with Gasteiger partial charge in [-0.15, -0.1) is 0 Å². The number of alkyl halides is 1. The number of ether oxygens (including phenoxy) is 1. The fourth-order valence-electron chi connectivity index (χ4n) is 1.93. The largest absolute Gasteiger partial charge is 0.495 e. The molecule has 3 nitrogen and oxygen atoms in total. The Kier molecular flexibility index (Phi) is 3.16. The van der Waals surface area contributed by atoms with Crippen LogP contribution in [0.5, 0.6) is 5.75 Å². The van der Waals surface area contributed by atoms with E-state index in [0.29, 0.717) is 11.4 Å². The highest BCUT2D eigenvalue weighted by molar-refractivity contribution is 5.29. The van der Waals surface area contributed by atoms with Crippen molar-refractivity contribution in [3.8, 4) is 5.75 Å². The van der Waals surface area contributed by atoms with E-state index in [0.717, 1.165) is 19.4 Å². The second-order valence-corrected chi connectivity index (χ2v) is 3.70. The lowest BCUT2D eigenvalue weighted by Gasteiger charge is -2.17. The maximum atomic E-state index is 14.1. The molecule has 0 radical (unpaired) electrons. The van der Waals surface area contributed by atoms with E-state index >= 15 is 0 Å². The number of nitrogens with zero attached hydrogens (tertiary/aromatic N) is 1. The molecule has 1 fully saturated rings. The van der Waals surface area contributed by atoms with Crippen molar-refractivity contribution in [3.05, 3.63) is 24.0 Å². The van der Waals surface area contributed by atoms with Gasteiger partial charge in [-0.25, -0.2) is 4.39 Å². The molecule has 4 heteroatoms. The maximum absolute atomic E-state index is 14.1. The lowest BCUT2D eigenvalue weighted by Crippen LogP contribution is -2.27. The first-order valence-electron chi connectivity index (χ1n) is 5.19. The Morgan fingerprint density at radius 3 is 3.20 bits per heavy atom. The van der Waals surface area contributed by atoms with Crippen molar-refractivity contribution in [2.75, 3.05) is 13.7 Å². The summed E-state index contributed by atoms with van der Waals surface area (Å²) >= 11 is 0. The van der Waals surface area contributed by atoms with Crippen molar-refractivity contribution >= 4 is 0 Å². The van der Waals surface area contributed by atoms with Crippen molar-refractivity contribution in [2.24, 2.45) is 0 Å². The van der Waals surface area contributed by atoms with Crippen LogP contribution in [-0.4, -0.2) is 24.7 Å².